The summed E-state index contributed by atoms with van der Waals surface area (Å²) in [5.41, 5.74) is 0.636. The van der Waals surface area contributed by atoms with Crippen molar-refractivity contribution in [3.05, 3.63) is 23.3 Å². The molecule has 124 valence electrons. The Kier molecular flexibility index (Phi) is 7.48. The first kappa shape index (κ1) is 18.4. The fraction of sp³-hybridized carbons (Fsp3) is 0.412. The van der Waals surface area contributed by atoms with Crippen molar-refractivity contribution in [2.75, 3.05) is 27.9 Å². The molecule has 1 rings (SSSR count). The van der Waals surface area contributed by atoms with E-state index in [0.717, 1.165) is 12.8 Å². The fourth-order valence-corrected chi connectivity index (χ4v) is 1.97. The molecular formula is C17H22N2O4. The molecule has 0 aliphatic rings. The summed E-state index contributed by atoms with van der Waals surface area (Å²) in [4.78, 5) is 12.0. The average molecular weight is 318 g/mol. The summed E-state index contributed by atoms with van der Waals surface area (Å²) >= 11 is 0. The zero-order valence-corrected chi connectivity index (χ0v) is 13.9. The number of rotatable bonds is 8. The second-order valence-electron chi connectivity index (χ2n) is 4.74. The smallest absolute Gasteiger partial charge is 0.261 e. The standard InChI is InChI=1S/C17H22N2O4/c1-5-6-7-19-17(20)13(11-18)8-12-9-14(21-2)16(23-4)15(10-12)22-3/h8-10H,5-7H2,1-4H3,(H,19,20)/b13-8+. The molecule has 0 fully saturated rings. The zero-order valence-electron chi connectivity index (χ0n) is 13.9. The quantitative estimate of drug-likeness (QED) is 0.452. The number of methoxy groups -OCH3 is 3. The highest BCUT2D eigenvalue weighted by Crippen LogP contribution is 2.38. The molecule has 0 atom stereocenters. The molecule has 0 aliphatic heterocycles. The Morgan fingerprint density at radius 2 is 1.83 bits per heavy atom. The van der Waals surface area contributed by atoms with Crippen molar-refractivity contribution in [2.24, 2.45) is 0 Å². The Morgan fingerprint density at radius 1 is 1.22 bits per heavy atom. The first-order valence-electron chi connectivity index (χ1n) is 7.31. The molecule has 0 saturated carbocycles. The molecule has 0 bridgehead atoms. The Hall–Kier alpha value is -2.68. The SMILES string of the molecule is CCCCNC(=O)/C(C#N)=C/c1cc(OC)c(OC)c(OC)c1. The summed E-state index contributed by atoms with van der Waals surface area (Å²) in [7, 11) is 4.53. The highest BCUT2D eigenvalue weighted by molar-refractivity contribution is 6.01. The first-order valence-corrected chi connectivity index (χ1v) is 7.31. The molecule has 6 nitrogen and oxygen atoms in total. The second kappa shape index (κ2) is 9.36. The van der Waals surface area contributed by atoms with Crippen LogP contribution in [0.2, 0.25) is 0 Å². The highest BCUT2D eigenvalue weighted by atomic mass is 16.5. The van der Waals surface area contributed by atoms with Gasteiger partial charge in [0.25, 0.3) is 5.91 Å². The minimum absolute atomic E-state index is 0.0235. The molecule has 1 N–H and O–H groups in total. The van der Waals surface area contributed by atoms with E-state index in [1.54, 1.807) is 12.1 Å². The molecule has 1 aromatic carbocycles. The number of nitrogens with one attached hydrogen (secondary N) is 1. The lowest BCUT2D eigenvalue weighted by atomic mass is 10.1. The van der Waals surface area contributed by atoms with Gasteiger partial charge in [-0.1, -0.05) is 13.3 Å². The van der Waals surface area contributed by atoms with E-state index in [1.165, 1.54) is 27.4 Å². The summed E-state index contributed by atoms with van der Waals surface area (Å²) in [5.74, 6) is 0.983. The van der Waals surface area contributed by atoms with Crippen LogP contribution < -0.4 is 19.5 Å². The third kappa shape index (κ3) is 4.92. The van der Waals surface area contributed by atoms with Crippen LogP contribution in [0.25, 0.3) is 6.08 Å². The summed E-state index contributed by atoms with van der Waals surface area (Å²) in [6.45, 7) is 2.58. The molecule has 1 aromatic rings. The number of unbranched alkanes of at least 4 members (excludes halogenated alkanes) is 1. The first-order chi connectivity index (χ1) is 11.1. The van der Waals surface area contributed by atoms with Crippen molar-refractivity contribution in [1.82, 2.24) is 5.32 Å². The van der Waals surface area contributed by atoms with Gasteiger partial charge in [0, 0.05) is 6.54 Å². The maximum absolute atomic E-state index is 12.0. The molecule has 0 aliphatic carbocycles. The van der Waals surface area contributed by atoms with Gasteiger partial charge < -0.3 is 19.5 Å². The number of hydrogen-bond donors (Lipinski definition) is 1. The minimum Gasteiger partial charge on any atom is -0.493 e. The second-order valence-corrected chi connectivity index (χ2v) is 4.74. The fourth-order valence-electron chi connectivity index (χ4n) is 1.97. The van der Waals surface area contributed by atoms with Crippen molar-refractivity contribution in [2.45, 2.75) is 19.8 Å². The van der Waals surface area contributed by atoms with E-state index in [1.807, 2.05) is 13.0 Å². The topological polar surface area (TPSA) is 80.6 Å². The van der Waals surface area contributed by atoms with Gasteiger partial charge in [-0.05, 0) is 30.2 Å². The van der Waals surface area contributed by atoms with Crippen LogP contribution in [0.5, 0.6) is 17.2 Å². The predicted molar refractivity (Wildman–Crippen MR) is 87.6 cm³/mol. The van der Waals surface area contributed by atoms with Crippen molar-refractivity contribution < 1.29 is 19.0 Å². The Bertz CT molecular complexity index is 593. The van der Waals surface area contributed by atoms with Crippen LogP contribution in [0.4, 0.5) is 0 Å². The Balaban J connectivity index is 3.13. The molecule has 1 amide bonds. The van der Waals surface area contributed by atoms with Gasteiger partial charge in [-0.3, -0.25) is 4.79 Å². The largest absolute Gasteiger partial charge is 0.493 e. The van der Waals surface area contributed by atoms with Crippen LogP contribution in [0, 0.1) is 11.3 Å². The summed E-state index contributed by atoms with van der Waals surface area (Å²) in [6, 6.07) is 5.27. The van der Waals surface area contributed by atoms with E-state index in [2.05, 4.69) is 5.32 Å². The minimum atomic E-state index is -0.394. The van der Waals surface area contributed by atoms with Crippen LogP contribution in [-0.2, 0) is 4.79 Å². The van der Waals surface area contributed by atoms with Crippen LogP contribution >= 0.6 is 0 Å². The normalized spacial score (nSPS) is 10.7. The highest BCUT2D eigenvalue weighted by Gasteiger charge is 2.14. The molecule has 0 aromatic heterocycles. The zero-order chi connectivity index (χ0) is 17.2. The maximum atomic E-state index is 12.0. The summed E-state index contributed by atoms with van der Waals surface area (Å²) in [6.07, 6.45) is 3.33. The predicted octanol–water partition coefficient (Wildman–Crippen LogP) is 2.54. The molecular weight excluding hydrogens is 296 g/mol. The molecule has 0 saturated heterocycles. The van der Waals surface area contributed by atoms with Gasteiger partial charge >= 0.3 is 0 Å². The van der Waals surface area contributed by atoms with E-state index in [9.17, 15) is 10.1 Å². The molecule has 6 heteroatoms. The van der Waals surface area contributed by atoms with E-state index in [4.69, 9.17) is 14.2 Å². The number of benzene rings is 1. The summed E-state index contributed by atoms with van der Waals surface area (Å²) in [5, 5.41) is 11.9. The van der Waals surface area contributed by atoms with E-state index in [0.29, 0.717) is 29.4 Å². The van der Waals surface area contributed by atoms with Gasteiger partial charge in [0.15, 0.2) is 11.5 Å². The number of nitrogens with zero attached hydrogens (tertiary/aromatic N) is 1. The number of hydrogen-bond acceptors (Lipinski definition) is 5. The molecule has 0 unspecified atom stereocenters. The average Bonchev–Trinajstić information content (AvgIpc) is 2.58. The summed E-state index contributed by atoms with van der Waals surface area (Å²) < 4.78 is 15.8. The van der Waals surface area contributed by atoms with E-state index < -0.39 is 5.91 Å². The third-order valence-electron chi connectivity index (χ3n) is 3.18. The van der Waals surface area contributed by atoms with Gasteiger partial charge in [-0.2, -0.15) is 5.26 Å². The van der Waals surface area contributed by atoms with Crippen LogP contribution in [-0.4, -0.2) is 33.8 Å². The van der Waals surface area contributed by atoms with E-state index in [-0.39, 0.29) is 5.57 Å². The maximum Gasteiger partial charge on any atom is 0.261 e. The molecule has 0 heterocycles. The molecule has 0 radical (unpaired) electrons. The molecule has 0 spiro atoms. The van der Waals surface area contributed by atoms with Gasteiger partial charge in [0.1, 0.15) is 11.6 Å². The Labute approximate surface area is 136 Å². The Morgan fingerprint density at radius 3 is 2.26 bits per heavy atom. The van der Waals surface area contributed by atoms with Crippen molar-refractivity contribution in [3.63, 3.8) is 0 Å². The lowest BCUT2D eigenvalue weighted by molar-refractivity contribution is -0.117. The number of carbonyl (C=O) groups is 1. The van der Waals surface area contributed by atoms with Crippen LogP contribution in [0.3, 0.4) is 0 Å². The van der Waals surface area contributed by atoms with Gasteiger partial charge in [-0.15, -0.1) is 0 Å². The number of carbonyl (C=O) groups excluding carboxylic acids is 1. The number of ether oxygens (including phenoxy) is 3. The van der Waals surface area contributed by atoms with Crippen molar-refractivity contribution in [3.8, 4) is 23.3 Å². The molecule has 23 heavy (non-hydrogen) atoms. The van der Waals surface area contributed by atoms with Crippen LogP contribution in [0.1, 0.15) is 25.3 Å². The number of amides is 1. The lowest BCUT2D eigenvalue weighted by Gasteiger charge is -2.13. The van der Waals surface area contributed by atoms with Crippen molar-refractivity contribution >= 4 is 12.0 Å². The number of nitriles is 1. The monoisotopic (exact) mass is 318 g/mol. The van der Waals surface area contributed by atoms with Gasteiger partial charge in [-0.25, -0.2) is 0 Å². The third-order valence-corrected chi connectivity index (χ3v) is 3.18. The van der Waals surface area contributed by atoms with E-state index >= 15 is 0 Å². The van der Waals surface area contributed by atoms with Crippen LogP contribution in [0.15, 0.2) is 17.7 Å². The lowest BCUT2D eigenvalue weighted by Crippen LogP contribution is -2.25. The van der Waals surface area contributed by atoms with Gasteiger partial charge in [0.2, 0.25) is 5.75 Å². The van der Waals surface area contributed by atoms with Crippen molar-refractivity contribution in [1.29, 1.82) is 5.26 Å². The van der Waals surface area contributed by atoms with Gasteiger partial charge in [0.05, 0.1) is 21.3 Å².